The largest absolute Gasteiger partial charge is 0.383 e. The van der Waals surface area contributed by atoms with E-state index in [1.807, 2.05) is 34.7 Å². The number of nitrogens with one attached hydrogen (secondary N) is 2. The second kappa shape index (κ2) is 7.43. The van der Waals surface area contributed by atoms with E-state index in [9.17, 15) is 9.59 Å². The first-order chi connectivity index (χ1) is 10.5. The second-order valence-corrected chi connectivity index (χ2v) is 7.91. The molecular formula is C17H33N4O2+. The number of amides is 2. The normalized spacial score (nSPS) is 25.9. The second-order valence-electron chi connectivity index (χ2n) is 7.91. The van der Waals surface area contributed by atoms with Gasteiger partial charge >= 0.3 is 5.91 Å². The highest BCUT2D eigenvalue weighted by Gasteiger charge is 2.51. The van der Waals surface area contributed by atoms with Gasteiger partial charge < -0.3 is 11.1 Å². The van der Waals surface area contributed by atoms with Crippen molar-refractivity contribution in [2.75, 3.05) is 13.6 Å². The van der Waals surface area contributed by atoms with Crippen molar-refractivity contribution in [1.82, 2.24) is 5.32 Å². The zero-order valence-electron chi connectivity index (χ0n) is 15.2. The van der Waals surface area contributed by atoms with Crippen molar-refractivity contribution in [3.05, 3.63) is 0 Å². The average molecular weight is 325 g/mol. The number of hydrogen-bond acceptors (Lipinski definition) is 3. The van der Waals surface area contributed by atoms with Crippen LogP contribution in [0, 0.1) is 10.8 Å². The molecule has 0 aromatic heterocycles. The van der Waals surface area contributed by atoms with E-state index in [0.717, 1.165) is 25.7 Å². The quantitative estimate of drug-likeness (QED) is 0.394. The number of unbranched alkanes of at least 4 members (excludes halogenated alkanes) is 1. The summed E-state index contributed by atoms with van der Waals surface area (Å²) in [6.45, 7) is 8.58. The van der Waals surface area contributed by atoms with Crippen molar-refractivity contribution in [2.45, 2.75) is 71.9 Å². The Morgan fingerprint density at radius 3 is 2.48 bits per heavy atom. The Labute approximate surface area is 139 Å². The van der Waals surface area contributed by atoms with Gasteiger partial charge in [-0.15, -0.1) is 0 Å². The molecule has 1 aliphatic heterocycles. The van der Waals surface area contributed by atoms with Crippen LogP contribution >= 0.6 is 0 Å². The monoisotopic (exact) mass is 325 g/mol. The molecule has 0 aromatic rings. The highest BCUT2D eigenvalue weighted by Crippen LogP contribution is 2.30. The lowest BCUT2D eigenvalue weighted by Gasteiger charge is -2.39. The van der Waals surface area contributed by atoms with E-state index in [4.69, 9.17) is 11.1 Å². The molecule has 4 N–H and O–H groups in total. The number of likely N-dealkylation sites (tertiary alicyclic amines) is 1. The summed E-state index contributed by atoms with van der Waals surface area (Å²) in [5, 5.41) is 10.7. The molecule has 23 heavy (non-hydrogen) atoms. The van der Waals surface area contributed by atoms with Gasteiger partial charge in [0.25, 0.3) is 0 Å². The fraction of sp³-hybridized carbons (Fsp3) is 0.824. The Balaban J connectivity index is 3.00. The summed E-state index contributed by atoms with van der Waals surface area (Å²) in [5.41, 5.74) is 5.33. The van der Waals surface area contributed by atoms with Crippen molar-refractivity contribution in [3.63, 3.8) is 0 Å². The molecule has 1 saturated heterocycles. The molecule has 1 aliphatic rings. The van der Waals surface area contributed by atoms with Crippen molar-refractivity contribution >= 4 is 17.6 Å². The molecule has 6 heteroatoms. The van der Waals surface area contributed by atoms with Gasteiger partial charge in [0.05, 0.1) is 13.6 Å². The van der Waals surface area contributed by atoms with Crippen LogP contribution in [-0.2, 0) is 9.59 Å². The first-order valence-corrected chi connectivity index (χ1v) is 8.57. The predicted octanol–water partition coefficient (Wildman–Crippen LogP) is 1.78. The number of likely N-dealkylation sites (N-methyl/N-ethyl adjacent to an activating group) is 1. The Morgan fingerprint density at radius 1 is 1.39 bits per heavy atom. The van der Waals surface area contributed by atoms with Gasteiger partial charge in [-0.2, -0.15) is 0 Å². The summed E-state index contributed by atoms with van der Waals surface area (Å²) >= 11 is 0. The molecule has 3 unspecified atom stereocenters. The van der Waals surface area contributed by atoms with Crippen LogP contribution in [0.4, 0.5) is 0 Å². The van der Waals surface area contributed by atoms with E-state index in [-0.39, 0.29) is 33.6 Å². The van der Waals surface area contributed by atoms with Crippen LogP contribution in [0.2, 0.25) is 0 Å². The van der Waals surface area contributed by atoms with Crippen molar-refractivity contribution in [3.8, 4) is 0 Å². The Hall–Kier alpha value is -1.43. The molecule has 0 bridgehead atoms. The molecule has 3 atom stereocenters. The average Bonchev–Trinajstić information content (AvgIpc) is 2.84. The molecular weight excluding hydrogens is 292 g/mol. The third kappa shape index (κ3) is 4.53. The van der Waals surface area contributed by atoms with Crippen LogP contribution in [0.3, 0.4) is 0 Å². The molecule has 0 radical (unpaired) electrons. The first-order valence-electron chi connectivity index (χ1n) is 8.57. The molecule has 0 aromatic carbocycles. The molecule has 0 aliphatic carbocycles. The lowest BCUT2D eigenvalue weighted by Crippen LogP contribution is -2.65. The highest BCUT2D eigenvalue weighted by molar-refractivity contribution is 5.88. The molecule has 132 valence electrons. The number of nitrogens with zero attached hydrogens (tertiary/aromatic N) is 1. The van der Waals surface area contributed by atoms with Crippen LogP contribution in [0.1, 0.15) is 59.8 Å². The third-order valence-corrected chi connectivity index (χ3v) is 4.83. The van der Waals surface area contributed by atoms with Gasteiger partial charge in [0, 0.05) is 19.3 Å². The molecule has 1 fully saturated rings. The van der Waals surface area contributed by atoms with Gasteiger partial charge in [-0.1, -0.05) is 34.1 Å². The molecule has 1 rings (SSSR count). The van der Waals surface area contributed by atoms with Gasteiger partial charge in [0.2, 0.25) is 5.91 Å². The molecule has 0 saturated carbocycles. The summed E-state index contributed by atoms with van der Waals surface area (Å²) in [6, 6.07) is -0.850. The maximum Gasteiger partial charge on any atom is 0.337 e. The smallest absolute Gasteiger partial charge is 0.337 e. The van der Waals surface area contributed by atoms with Crippen LogP contribution in [0.15, 0.2) is 0 Å². The van der Waals surface area contributed by atoms with Crippen LogP contribution in [-0.4, -0.2) is 47.8 Å². The standard InChI is InChI=1S/C17H32N4O2/c1-6-7-10-13(22)20-14(17(2,3)4)16(23)21(5)11-8-9-12(21)15(18)19/h12,14H,6-11H2,1-5H3,(H3-,18,19,20,22)/p+1. The third-order valence-electron chi connectivity index (χ3n) is 4.83. The number of carbonyl (C=O) groups excluding carboxylic acids is 2. The fourth-order valence-corrected chi connectivity index (χ4v) is 3.29. The summed E-state index contributed by atoms with van der Waals surface area (Å²) in [6.07, 6.45) is 3.82. The SMILES string of the molecule is CCCCC(=O)NC(C(=O)[N+]1(C)CCCC1C(=N)N)C(C)(C)C. The van der Waals surface area contributed by atoms with Gasteiger partial charge in [0.15, 0.2) is 11.9 Å². The highest BCUT2D eigenvalue weighted by atomic mass is 16.2. The summed E-state index contributed by atoms with van der Waals surface area (Å²) in [5.74, 6) is -0.0614. The van der Waals surface area contributed by atoms with Gasteiger partial charge in [-0.3, -0.25) is 14.7 Å². The van der Waals surface area contributed by atoms with Gasteiger partial charge in [0.1, 0.15) is 6.04 Å². The molecule has 6 nitrogen and oxygen atoms in total. The van der Waals surface area contributed by atoms with E-state index in [0.29, 0.717) is 13.0 Å². The number of rotatable bonds is 6. The lowest BCUT2D eigenvalue weighted by atomic mass is 9.85. The summed E-state index contributed by atoms with van der Waals surface area (Å²) in [4.78, 5) is 25.4. The van der Waals surface area contributed by atoms with E-state index >= 15 is 0 Å². The van der Waals surface area contributed by atoms with Crippen LogP contribution in [0.5, 0.6) is 0 Å². The Bertz CT molecular complexity index is 470. The first kappa shape index (κ1) is 19.6. The Morgan fingerprint density at radius 2 is 2.00 bits per heavy atom. The van der Waals surface area contributed by atoms with Gasteiger partial charge in [-0.05, 0) is 11.8 Å². The number of amidine groups is 1. The van der Waals surface area contributed by atoms with Gasteiger partial charge in [-0.25, -0.2) is 4.79 Å². The minimum absolute atomic E-state index is 0.0416. The number of nitrogens with two attached hydrogens (primary N) is 1. The number of hydrogen-bond donors (Lipinski definition) is 3. The number of quaternary nitrogens is 1. The zero-order valence-corrected chi connectivity index (χ0v) is 15.2. The van der Waals surface area contributed by atoms with E-state index in [2.05, 4.69) is 5.32 Å². The minimum atomic E-state index is -0.572. The van der Waals surface area contributed by atoms with E-state index in [1.165, 1.54) is 0 Å². The predicted molar refractivity (Wildman–Crippen MR) is 91.9 cm³/mol. The maximum atomic E-state index is 13.2. The summed E-state index contributed by atoms with van der Waals surface area (Å²) < 4.78 is 0.116. The van der Waals surface area contributed by atoms with Crippen molar-refractivity contribution < 1.29 is 14.1 Å². The van der Waals surface area contributed by atoms with Crippen LogP contribution < -0.4 is 11.1 Å². The molecule has 2 amide bonds. The van der Waals surface area contributed by atoms with Crippen LogP contribution in [0.25, 0.3) is 0 Å². The fourth-order valence-electron chi connectivity index (χ4n) is 3.29. The maximum absolute atomic E-state index is 13.2. The van der Waals surface area contributed by atoms with Crippen molar-refractivity contribution in [2.24, 2.45) is 11.1 Å². The molecule has 1 heterocycles. The molecule has 0 spiro atoms. The number of carbonyl (C=O) groups is 2. The minimum Gasteiger partial charge on any atom is -0.383 e. The van der Waals surface area contributed by atoms with E-state index < -0.39 is 6.04 Å². The van der Waals surface area contributed by atoms with Crippen molar-refractivity contribution in [1.29, 1.82) is 5.41 Å². The summed E-state index contributed by atoms with van der Waals surface area (Å²) in [7, 11) is 1.85. The Kier molecular flexibility index (Phi) is 6.33. The van der Waals surface area contributed by atoms with E-state index in [1.54, 1.807) is 0 Å². The lowest BCUT2D eigenvalue weighted by molar-refractivity contribution is -0.837. The topological polar surface area (TPSA) is 96.0 Å². The zero-order chi connectivity index (χ0) is 17.8.